The minimum Gasteiger partial charge on any atom is -0.506 e. The Bertz CT molecular complexity index is 1000. The molecule has 0 bridgehead atoms. The molecule has 4 rings (SSSR count). The number of hydrogen-bond donors (Lipinski definition) is 3. The van der Waals surface area contributed by atoms with Crippen molar-refractivity contribution in [3.8, 4) is 5.75 Å². The van der Waals surface area contributed by atoms with Crippen LogP contribution >= 0.6 is 36.4 Å². The number of piperidine rings is 1. The maximum atomic E-state index is 12.6. The lowest BCUT2D eigenvalue weighted by Crippen LogP contribution is -2.61. The summed E-state index contributed by atoms with van der Waals surface area (Å²) >= 11 is 6.38. The van der Waals surface area contributed by atoms with Crippen molar-refractivity contribution in [2.24, 2.45) is 0 Å². The molecular weight excluding hydrogens is 459 g/mol. The number of benzene rings is 1. The molecule has 0 amide bonds. The van der Waals surface area contributed by atoms with E-state index in [1.165, 1.54) is 0 Å². The van der Waals surface area contributed by atoms with Crippen molar-refractivity contribution in [3.63, 3.8) is 0 Å². The van der Waals surface area contributed by atoms with Crippen molar-refractivity contribution in [3.05, 3.63) is 38.2 Å². The van der Waals surface area contributed by atoms with Gasteiger partial charge in [-0.2, -0.15) is 0 Å². The van der Waals surface area contributed by atoms with E-state index in [2.05, 4.69) is 38.3 Å². The van der Waals surface area contributed by atoms with E-state index in [1.807, 2.05) is 0 Å². The van der Waals surface area contributed by atoms with Gasteiger partial charge >= 0.3 is 5.63 Å². The van der Waals surface area contributed by atoms with Crippen molar-refractivity contribution in [2.45, 2.75) is 89.9 Å². The van der Waals surface area contributed by atoms with E-state index in [4.69, 9.17) is 16.0 Å². The second-order valence-electron chi connectivity index (χ2n) is 9.99. The first-order chi connectivity index (χ1) is 13.6. The van der Waals surface area contributed by atoms with Crippen molar-refractivity contribution in [1.29, 1.82) is 0 Å². The van der Waals surface area contributed by atoms with E-state index >= 15 is 0 Å². The molecule has 1 aromatic carbocycles. The summed E-state index contributed by atoms with van der Waals surface area (Å²) in [7, 11) is 0. The van der Waals surface area contributed by atoms with Crippen molar-refractivity contribution in [2.75, 3.05) is 0 Å². The SMILES string of the molecule is CC1(C)CC(NCc2c(O)c(Cl)cc3c4c(c(=O)oc23)CCCC4)CC(C)(C)N1.Cl.Cl. The molecule has 5 nitrogen and oxygen atoms in total. The highest BCUT2D eigenvalue weighted by Gasteiger charge is 2.37. The zero-order valence-electron chi connectivity index (χ0n) is 18.6. The summed E-state index contributed by atoms with van der Waals surface area (Å²) in [4.78, 5) is 12.6. The van der Waals surface area contributed by atoms with E-state index < -0.39 is 0 Å². The summed E-state index contributed by atoms with van der Waals surface area (Å²) < 4.78 is 5.72. The molecule has 1 fully saturated rings. The van der Waals surface area contributed by atoms with Gasteiger partial charge in [0.25, 0.3) is 0 Å². The van der Waals surface area contributed by atoms with E-state index in [9.17, 15) is 9.90 Å². The smallest absolute Gasteiger partial charge is 0.339 e. The molecule has 1 aliphatic carbocycles. The molecule has 174 valence electrons. The Labute approximate surface area is 201 Å². The monoisotopic (exact) mass is 490 g/mol. The van der Waals surface area contributed by atoms with Crippen molar-refractivity contribution >= 4 is 47.4 Å². The number of rotatable bonds is 3. The fourth-order valence-electron chi connectivity index (χ4n) is 5.47. The Kier molecular flexibility index (Phi) is 8.04. The molecule has 2 aromatic rings. The predicted octanol–water partition coefficient (Wildman–Crippen LogP) is 5.27. The fourth-order valence-corrected chi connectivity index (χ4v) is 5.70. The Morgan fingerprint density at radius 3 is 2.32 bits per heavy atom. The average molecular weight is 492 g/mol. The maximum Gasteiger partial charge on any atom is 0.339 e. The molecule has 0 atom stereocenters. The Morgan fingerprint density at radius 1 is 1.13 bits per heavy atom. The number of fused-ring (bicyclic) bond motifs is 3. The van der Waals surface area contributed by atoms with Crippen LogP contribution in [0.2, 0.25) is 5.02 Å². The molecule has 2 heterocycles. The number of nitrogens with one attached hydrogen (secondary N) is 2. The van der Waals surface area contributed by atoms with E-state index in [1.54, 1.807) is 6.07 Å². The molecule has 0 unspecified atom stereocenters. The normalized spacial score (nSPS) is 19.9. The second-order valence-corrected chi connectivity index (χ2v) is 10.4. The minimum atomic E-state index is -0.278. The average Bonchev–Trinajstić information content (AvgIpc) is 2.61. The number of halogens is 3. The van der Waals surface area contributed by atoms with Gasteiger partial charge in [0.1, 0.15) is 11.3 Å². The maximum absolute atomic E-state index is 12.6. The number of aryl methyl sites for hydroxylation is 1. The molecule has 1 aliphatic heterocycles. The van der Waals surface area contributed by atoms with Crippen LogP contribution in [0.4, 0.5) is 0 Å². The lowest BCUT2D eigenvalue weighted by molar-refractivity contribution is 0.145. The van der Waals surface area contributed by atoms with Gasteiger partial charge in [-0.25, -0.2) is 4.79 Å². The van der Waals surface area contributed by atoms with Crippen LogP contribution < -0.4 is 16.3 Å². The first-order valence-electron chi connectivity index (χ1n) is 10.6. The Hall–Kier alpha value is -0.980. The number of aromatic hydroxyl groups is 1. The molecule has 3 N–H and O–H groups in total. The van der Waals surface area contributed by atoms with Crippen LogP contribution in [-0.2, 0) is 19.4 Å². The molecule has 1 aromatic heterocycles. The number of phenolic OH excluding ortho intramolecular Hbond substituents is 1. The zero-order valence-corrected chi connectivity index (χ0v) is 21.0. The van der Waals surface area contributed by atoms with Crippen LogP contribution in [0, 0.1) is 0 Å². The van der Waals surface area contributed by atoms with E-state index in [0.717, 1.165) is 55.0 Å². The largest absolute Gasteiger partial charge is 0.506 e. The summed E-state index contributed by atoms with van der Waals surface area (Å²) in [6, 6.07) is 2.03. The molecule has 0 saturated carbocycles. The first-order valence-corrected chi connectivity index (χ1v) is 11.0. The third-order valence-electron chi connectivity index (χ3n) is 6.29. The highest BCUT2D eigenvalue weighted by molar-refractivity contribution is 6.33. The topological polar surface area (TPSA) is 74.5 Å². The quantitative estimate of drug-likeness (QED) is 0.510. The molecular formula is C23H33Cl3N2O3. The summed E-state index contributed by atoms with van der Waals surface area (Å²) in [6.07, 6.45) is 5.59. The van der Waals surface area contributed by atoms with Crippen LogP contribution in [0.1, 0.15) is 70.1 Å². The summed E-state index contributed by atoms with van der Waals surface area (Å²) in [5, 5.41) is 19.1. The first kappa shape index (κ1) is 26.3. The molecule has 1 saturated heterocycles. The van der Waals surface area contributed by atoms with Gasteiger partial charge in [-0.3, -0.25) is 0 Å². The van der Waals surface area contributed by atoms with Gasteiger partial charge in [-0.1, -0.05) is 11.6 Å². The summed E-state index contributed by atoms with van der Waals surface area (Å²) in [5.41, 5.74) is 2.61. The highest BCUT2D eigenvalue weighted by atomic mass is 35.5. The summed E-state index contributed by atoms with van der Waals surface area (Å²) in [5.74, 6) is -0.00182. The highest BCUT2D eigenvalue weighted by Crippen LogP contribution is 2.38. The van der Waals surface area contributed by atoms with Gasteiger partial charge in [0, 0.05) is 34.6 Å². The van der Waals surface area contributed by atoms with E-state index in [-0.39, 0.29) is 53.3 Å². The van der Waals surface area contributed by atoms with Gasteiger partial charge in [0.15, 0.2) is 0 Å². The van der Waals surface area contributed by atoms with Gasteiger partial charge in [0.2, 0.25) is 0 Å². The fraction of sp³-hybridized carbons (Fsp3) is 0.609. The standard InChI is InChI=1S/C23H31ClN2O3.2ClH/c1-22(2)10-13(11-23(3,4)26-22)25-12-17-19(27)18(24)9-16-14-7-5-6-8-15(14)21(28)29-20(16)17;;/h9,13,25-27H,5-8,10-12H2,1-4H3;2*1H. The Morgan fingerprint density at radius 2 is 1.71 bits per heavy atom. The van der Waals surface area contributed by atoms with Crippen molar-refractivity contribution < 1.29 is 9.52 Å². The molecule has 31 heavy (non-hydrogen) atoms. The van der Waals surface area contributed by atoms with Gasteiger partial charge in [-0.15, -0.1) is 24.8 Å². The van der Waals surface area contributed by atoms with Crippen LogP contribution in [0.15, 0.2) is 15.3 Å². The predicted molar refractivity (Wildman–Crippen MR) is 131 cm³/mol. The molecule has 2 aliphatic rings. The summed E-state index contributed by atoms with van der Waals surface area (Å²) in [6.45, 7) is 9.24. The molecule has 8 heteroatoms. The number of hydrogen-bond acceptors (Lipinski definition) is 5. The van der Waals surface area contributed by atoms with Crippen LogP contribution in [0.5, 0.6) is 5.75 Å². The lowest BCUT2D eigenvalue weighted by atomic mass is 9.79. The lowest BCUT2D eigenvalue weighted by Gasteiger charge is -2.46. The number of phenols is 1. The molecule has 0 spiro atoms. The Balaban J connectivity index is 0.00000171. The second kappa shape index (κ2) is 9.48. The molecule has 0 radical (unpaired) electrons. The zero-order chi connectivity index (χ0) is 21.0. The minimum absolute atomic E-state index is 0. The van der Waals surface area contributed by atoms with Crippen LogP contribution in [0.25, 0.3) is 11.0 Å². The van der Waals surface area contributed by atoms with Crippen LogP contribution in [-0.4, -0.2) is 22.2 Å². The van der Waals surface area contributed by atoms with Crippen LogP contribution in [0.3, 0.4) is 0 Å². The van der Waals surface area contributed by atoms with Gasteiger partial charge < -0.3 is 20.2 Å². The third kappa shape index (κ3) is 5.33. The van der Waals surface area contributed by atoms with E-state index in [0.29, 0.717) is 22.7 Å². The van der Waals surface area contributed by atoms with Gasteiger partial charge in [0.05, 0.1) is 10.6 Å². The van der Waals surface area contributed by atoms with Crippen molar-refractivity contribution in [1.82, 2.24) is 10.6 Å². The third-order valence-corrected chi connectivity index (χ3v) is 6.58. The van der Waals surface area contributed by atoms with Gasteiger partial charge in [-0.05, 0) is 77.8 Å².